The van der Waals surface area contributed by atoms with Crippen molar-refractivity contribution >= 4 is 5.78 Å². The van der Waals surface area contributed by atoms with Gasteiger partial charge in [-0.2, -0.15) is 0 Å². The zero-order chi connectivity index (χ0) is 10.6. The number of allylic oxidation sites excluding steroid dienone is 4. The summed E-state index contributed by atoms with van der Waals surface area (Å²) in [5.74, 6) is 0.694. The Morgan fingerprint density at radius 3 is 2.50 bits per heavy atom. The summed E-state index contributed by atoms with van der Waals surface area (Å²) in [7, 11) is 0. The number of carbonyl (C=O) groups is 1. The zero-order valence-electron chi connectivity index (χ0n) is 9.47. The van der Waals surface area contributed by atoms with Crippen LogP contribution in [0.15, 0.2) is 23.3 Å². The van der Waals surface area contributed by atoms with Crippen molar-refractivity contribution in [3.8, 4) is 0 Å². The third kappa shape index (κ3) is 3.13. The Balaban J connectivity index is 2.68. The van der Waals surface area contributed by atoms with Crippen molar-refractivity contribution in [1.29, 1.82) is 0 Å². The van der Waals surface area contributed by atoms with Gasteiger partial charge in [0.2, 0.25) is 0 Å². The van der Waals surface area contributed by atoms with Crippen LogP contribution in [0, 0.1) is 5.92 Å². The molecule has 0 spiro atoms. The molecule has 0 aromatic carbocycles. The summed E-state index contributed by atoms with van der Waals surface area (Å²) >= 11 is 0. The minimum absolute atomic E-state index is 0.232. The van der Waals surface area contributed by atoms with Crippen LogP contribution in [0.5, 0.6) is 0 Å². The molecule has 0 saturated heterocycles. The molecule has 0 N–H and O–H groups in total. The average molecular weight is 192 g/mol. The first-order valence-electron chi connectivity index (χ1n) is 5.52. The minimum atomic E-state index is 0.232. The second-order valence-electron chi connectivity index (χ2n) is 4.43. The highest BCUT2D eigenvalue weighted by atomic mass is 16.1. The molecule has 0 saturated carbocycles. The molecule has 0 amide bonds. The average Bonchev–Trinajstić information content (AvgIpc) is 2.15. The smallest absolute Gasteiger partial charge is 0.181 e. The van der Waals surface area contributed by atoms with Crippen LogP contribution in [-0.2, 0) is 4.79 Å². The Morgan fingerprint density at radius 2 is 1.93 bits per heavy atom. The maximum absolute atomic E-state index is 11.8. The van der Waals surface area contributed by atoms with E-state index in [0.717, 1.165) is 18.4 Å². The largest absolute Gasteiger partial charge is 0.290 e. The second-order valence-corrected chi connectivity index (χ2v) is 4.43. The van der Waals surface area contributed by atoms with E-state index in [1.165, 1.54) is 18.4 Å². The molecule has 0 atom stereocenters. The van der Waals surface area contributed by atoms with E-state index in [2.05, 4.69) is 20.8 Å². The minimum Gasteiger partial charge on any atom is -0.290 e. The summed E-state index contributed by atoms with van der Waals surface area (Å²) in [5, 5.41) is 0. The van der Waals surface area contributed by atoms with Gasteiger partial charge in [-0.1, -0.05) is 25.5 Å². The SMILES string of the molecule is CC1=C(C(=O)/C=C/C(C)C)CCCC1. The Kier molecular flexibility index (Phi) is 4.12. The van der Waals surface area contributed by atoms with Gasteiger partial charge in [0.1, 0.15) is 0 Å². The normalized spacial score (nSPS) is 18.3. The first kappa shape index (κ1) is 11.2. The van der Waals surface area contributed by atoms with E-state index in [9.17, 15) is 4.79 Å². The van der Waals surface area contributed by atoms with Gasteiger partial charge in [0.25, 0.3) is 0 Å². The van der Waals surface area contributed by atoms with E-state index in [1.54, 1.807) is 6.08 Å². The summed E-state index contributed by atoms with van der Waals surface area (Å²) in [6.45, 7) is 6.27. The fourth-order valence-corrected chi connectivity index (χ4v) is 1.77. The molecule has 0 radical (unpaired) electrons. The van der Waals surface area contributed by atoms with Gasteiger partial charge in [-0.3, -0.25) is 4.79 Å². The van der Waals surface area contributed by atoms with Gasteiger partial charge in [0.05, 0.1) is 0 Å². The van der Waals surface area contributed by atoms with Gasteiger partial charge >= 0.3 is 0 Å². The molecule has 0 aliphatic heterocycles. The van der Waals surface area contributed by atoms with Crippen molar-refractivity contribution in [2.75, 3.05) is 0 Å². The van der Waals surface area contributed by atoms with Crippen LogP contribution in [0.3, 0.4) is 0 Å². The highest BCUT2D eigenvalue weighted by molar-refractivity contribution is 6.04. The maximum atomic E-state index is 11.8. The lowest BCUT2D eigenvalue weighted by atomic mass is 9.90. The zero-order valence-corrected chi connectivity index (χ0v) is 9.47. The van der Waals surface area contributed by atoms with Gasteiger partial charge in [-0.15, -0.1) is 0 Å². The Hall–Kier alpha value is -0.850. The molecule has 1 heteroatoms. The molecule has 0 heterocycles. The molecule has 78 valence electrons. The van der Waals surface area contributed by atoms with Crippen LogP contribution in [0.2, 0.25) is 0 Å². The molecular weight excluding hydrogens is 172 g/mol. The van der Waals surface area contributed by atoms with E-state index < -0.39 is 0 Å². The van der Waals surface area contributed by atoms with Crippen molar-refractivity contribution in [3.63, 3.8) is 0 Å². The van der Waals surface area contributed by atoms with Gasteiger partial charge in [-0.25, -0.2) is 0 Å². The standard InChI is InChI=1S/C13H20O/c1-10(2)8-9-13(14)12-7-5-4-6-11(12)3/h8-10H,4-7H2,1-3H3/b9-8+. The highest BCUT2D eigenvalue weighted by Crippen LogP contribution is 2.25. The quantitative estimate of drug-likeness (QED) is 0.624. The third-order valence-corrected chi connectivity index (χ3v) is 2.67. The van der Waals surface area contributed by atoms with Crippen molar-refractivity contribution in [2.45, 2.75) is 46.5 Å². The molecule has 0 bridgehead atoms. The van der Waals surface area contributed by atoms with Crippen LogP contribution in [-0.4, -0.2) is 5.78 Å². The van der Waals surface area contributed by atoms with Crippen molar-refractivity contribution in [3.05, 3.63) is 23.3 Å². The lowest BCUT2D eigenvalue weighted by molar-refractivity contribution is -0.111. The Bertz CT molecular complexity index is 269. The van der Waals surface area contributed by atoms with Crippen LogP contribution < -0.4 is 0 Å². The Labute approximate surface area is 86.9 Å². The summed E-state index contributed by atoms with van der Waals surface area (Å²) < 4.78 is 0. The molecule has 14 heavy (non-hydrogen) atoms. The van der Waals surface area contributed by atoms with E-state index in [-0.39, 0.29) is 5.78 Å². The van der Waals surface area contributed by atoms with Crippen LogP contribution >= 0.6 is 0 Å². The lowest BCUT2D eigenvalue weighted by Gasteiger charge is -2.15. The summed E-state index contributed by atoms with van der Waals surface area (Å²) in [5.41, 5.74) is 2.36. The molecule has 0 fully saturated rings. The predicted molar refractivity (Wildman–Crippen MR) is 60.2 cm³/mol. The molecule has 0 unspecified atom stereocenters. The highest BCUT2D eigenvalue weighted by Gasteiger charge is 2.13. The lowest BCUT2D eigenvalue weighted by Crippen LogP contribution is -2.06. The molecular formula is C13H20O. The number of hydrogen-bond acceptors (Lipinski definition) is 1. The molecule has 0 aromatic heterocycles. The summed E-state index contributed by atoms with van der Waals surface area (Å²) in [6, 6.07) is 0. The fourth-order valence-electron chi connectivity index (χ4n) is 1.77. The molecule has 1 rings (SSSR count). The fraction of sp³-hybridized carbons (Fsp3) is 0.615. The van der Waals surface area contributed by atoms with Gasteiger partial charge in [-0.05, 0) is 50.2 Å². The van der Waals surface area contributed by atoms with Crippen molar-refractivity contribution in [1.82, 2.24) is 0 Å². The van der Waals surface area contributed by atoms with Crippen LogP contribution in [0.25, 0.3) is 0 Å². The van der Waals surface area contributed by atoms with Crippen LogP contribution in [0.1, 0.15) is 46.5 Å². The van der Waals surface area contributed by atoms with E-state index in [0.29, 0.717) is 5.92 Å². The van der Waals surface area contributed by atoms with E-state index in [1.807, 2.05) is 6.08 Å². The molecule has 1 aliphatic rings. The van der Waals surface area contributed by atoms with Gasteiger partial charge < -0.3 is 0 Å². The van der Waals surface area contributed by atoms with Crippen molar-refractivity contribution < 1.29 is 4.79 Å². The number of rotatable bonds is 3. The number of ketones is 1. The summed E-state index contributed by atoms with van der Waals surface area (Å²) in [6.07, 6.45) is 8.24. The van der Waals surface area contributed by atoms with Crippen molar-refractivity contribution in [2.24, 2.45) is 5.92 Å². The number of hydrogen-bond donors (Lipinski definition) is 0. The van der Waals surface area contributed by atoms with Crippen LogP contribution in [0.4, 0.5) is 0 Å². The topological polar surface area (TPSA) is 17.1 Å². The monoisotopic (exact) mass is 192 g/mol. The summed E-state index contributed by atoms with van der Waals surface area (Å²) in [4.78, 5) is 11.8. The van der Waals surface area contributed by atoms with E-state index in [4.69, 9.17) is 0 Å². The second kappa shape index (κ2) is 5.14. The first-order chi connectivity index (χ1) is 6.61. The number of carbonyl (C=O) groups excluding carboxylic acids is 1. The molecule has 1 aliphatic carbocycles. The molecule has 1 nitrogen and oxygen atoms in total. The Morgan fingerprint density at radius 1 is 1.29 bits per heavy atom. The van der Waals surface area contributed by atoms with Gasteiger partial charge in [0, 0.05) is 0 Å². The van der Waals surface area contributed by atoms with Gasteiger partial charge in [0.15, 0.2) is 5.78 Å². The maximum Gasteiger partial charge on any atom is 0.181 e. The third-order valence-electron chi connectivity index (χ3n) is 2.67. The first-order valence-corrected chi connectivity index (χ1v) is 5.52. The van der Waals surface area contributed by atoms with E-state index >= 15 is 0 Å². The molecule has 0 aromatic rings. The predicted octanol–water partition coefficient (Wildman–Crippen LogP) is 3.66.